The Balaban J connectivity index is 1.73. The number of nitrogens with one attached hydrogen (secondary N) is 1. The summed E-state index contributed by atoms with van der Waals surface area (Å²) in [5.41, 5.74) is 3.31. The second-order valence-electron chi connectivity index (χ2n) is 7.21. The van der Waals surface area contributed by atoms with E-state index in [-0.39, 0.29) is 23.1 Å². The highest BCUT2D eigenvalue weighted by atomic mass is 19.3. The van der Waals surface area contributed by atoms with Gasteiger partial charge in [-0.05, 0) is 17.7 Å². The lowest BCUT2D eigenvalue weighted by Crippen LogP contribution is -2.36. The number of methoxy groups -OCH3 is 3. The minimum atomic E-state index is -3.37. The molecule has 9 nitrogen and oxygen atoms in total. The first-order valence-electron chi connectivity index (χ1n) is 10.2. The van der Waals surface area contributed by atoms with Crippen molar-refractivity contribution in [1.82, 2.24) is 24.8 Å². The number of aromatic nitrogens is 4. The normalized spacial score (nSPS) is 12.0. The fourth-order valence-corrected chi connectivity index (χ4v) is 3.49. The molecule has 4 rings (SSSR count). The molecule has 0 radical (unpaired) electrons. The molecule has 0 fully saturated rings. The number of rotatable bonds is 8. The van der Waals surface area contributed by atoms with Crippen LogP contribution in [0.1, 0.15) is 10.4 Å². The molecular weight excluding hydrogens is 467 g/mol. The monoisotopic (exact) mass is 487 g/mol. The lowest BCUT2D eigenvalue weighted by molar-refractivity contribution is 0.0285. The molecule has 1 unspecified atom stereocenters. The van der Waals surface area contributed by atoms with Gasteiger partial charge in [-0.15, -0.1) is 0 Å². The maximum atomic E-state index is 13.4. The molecule has 35 heavy (non-hydrogen) atoms. The van der Waals surface area contributed by atoms with Crippen LogP contribution in [-0.4, -0.2) is 59.5 Å². The first kappa shape index (κ1) is 23.8. The number of amides is 1. The maximum Gasteiger partial charge on any atom is 0.316 e. The van der Waals surface area contributed by atoms with Crippen LogP contribution in [0.3, 0.4) is 0 Å². The third-order valence-corrected chi connectivity index (χ3v) is 5.18. The number of hydrogen-bond donors (Lipinski definition) is 1. The minimum Gasteiger partial charge on any atom is -0.496 e. The Bertz CT molecular complexity index is 1340. The lowest BCUT2D eigenvalue weighted by Gasteiger charge is -2.17. The number of benzene rings is 2. The Labute approximate surface area is 197 Å². The van der Waals surface area contributed by atoms with Gasteiger partial charge in [-0.25, -0.2) is 28.1 Å². The first-order valence-corrected chi connectivity index (χ1v) is 10.2. The minimum absolute atomic E-state index is 0.00664. The van der Waals surface area contributed by atoms with Crippen LogP contribution in [0.15, 0.2) is 49.1 Å². The van der Waals surface area contributed by atoms with Crippen molar-refractivity contribution in [2.45, 2.75) is 12.7 Å². The van der Waals surface area contributed by atoms with Gasteiger partial charge in [0.05, 0.1) is 38.1 Å². The highest BCUT2D eigenvalue weighted by Crippen LogP contribution is 2.34. The number of ether oxygens (including phenoxy) is 3. The number of nitrogens with zero attached hydrogens (tertiary/aromatic N) is 4. The predicted octanol–water partition coefficient (Wildman–Crippen LogP) is 3.80. The quantitative estimate of drug-likeness (QED) is 0.378. The molecule has 0 aliphatic heterocycles. The zero-order chi connectivity index (χ0) is 25.1. The standard InChI is InChI=1S/C23H20F3N5O4/c1-33-17-7-14(8-18(34-2)19(17)22(32)30-21(26)20(24)25)31-11-29-15-6-12(4-5-16(15)31)13-9-27-23(35-3)28-10-13/h4-11,20-21H,1-3H3,(H,30,32). The van der Waals surface area contributed by atoms with Crippen LogP contribution in [0.2, 0.25) is 0 Å². The largest absolute Gasteiger partial charge is 0.496 e. The molecule has 2 heterocycles. The molecule has 0 aliphatic rings. The van der Waals surface area contributed by atoms with E-state index in [1.807, 2.05) is 18.2 Å². The number of hydrogen-bond acceptors (Lipinski definition) is 7. The number of fused-ring (bicyclic) bond motifs is 1. The molecular formula is C23H20F3N5O4. The number of alkyl halides is 3. The van der Waals surface area contributed by atoms with Crippen LogP contribution in [0.5, 0.6) is 17.5 Å². The zero-order valence-corrected chi connectivity index (χ0v) is 18.8. The molecule has 0 saturated heterocycles. The van der Waals surface area contributed by atoms with Crippen LogP contribution in [0.25, 0.3) is 27.8 Å². The van der Waals surface area contributed by atoms with E-state index in [0.717, 1.165) is 16.6 Å². The number of imidazole rings is 1. The Hall–Kier alpha value is -4.35. The Morgan fingerprint density at radius 2 is 1.57 bits per heavy atom. The van der Waals surface area contributed by atoms with Gasteiger partial charge in [0.25, 0.3) is 12.3 Å². The molecule has 182 valence electrons. The Morgan fingerprint density at radius 3 is 2.14 bits per heavy atom. The van der Waals surface area contributed by atoms with E-state index < -0.39 is 18.6 Å². The van der Waals surface area contributed by atoms with Crippen molar-refractivity contribution >= 4 is 16.9 Å². The van der Waals surface area contributed by atoms with Crippen molar-refractivity contribution in [1.29, 1.82) is 0 Å². The third-order valence-electron chi connectivity index (χ3n) is 5.18. The average molecular weight is 487 g/mol. The summed E-state index contributed by atoms with van der Waals surface area (Å²) in [6.45, 7) is 0. The second kappa shape index (κ2) is 9.87. The molecule has 0 bridgehead atoms. The van der Waals surface area contributed by atoms with Crippen molar-refractivity contribution in [3.05, 3.63) is 54.6 Å². The van der Waals surface area contributed by atoms with Crippen LogP contribution < -0.4 is 19.5 Å². The van der Waals surface area contributed by atoms with Gasteiger partial charge in [-0.3, -0.25) is 9.36 Å². The maximum absolute atomic E-state index is 13.4. The van der Waals surface area contributed by atoms with E-state index in [4.69, 9.17) is 14.2 Å². The molecule has 1 N–H and O–H groups in total. The summed E-state index contributed by atoms with van der Waals surface area (Å²) >= 11 is 0. The number of carbonyl (C=O) groups excluding carboxylic acids is 1. The van der Waals surface area contributed by atoms with Crippen molar-refractivity contribution in [3.63, 3.8) is 0 Å². The number of halogens is 3. The van der Waals surface area contributed by atoms with Gasteiger partial charge in [0.1, 0.15) is 23.4 Å². The lowest BCUT2D eigenvalue weighted by atomic mass is 10.1. The van der Waals surface area contributed by atoms with E-state index in [1.165, 1.54) is 33.5 Å². The van der Waals surface area contributed by atoms with Crippen molar-refractivity contribution in [2.75, 3.05) is 21.3 Å². The van der Waals surface area contributed by atoms with Crippen LogP contribution in [-0.2, 0) is 0 Å². The summed E-state index contributed by atoms with van der Waals surface area (Å²) in [6, 6.07) is 8.83. The van der Waals surface area contributed by atoms with Crippen LogP contribution >= 0.6 is 0 Å². The van der Waals surface area contributed by atoms with Crippen molar-refractivity contribution < 1.29 is 32.2 Å². The topological polar surface area (TPSA) is 100 Å². The molecule has 4 aromatic rings. The highest BCUT2D eigenvalue weighted by molar-refractivity contribution is 6.00. The first-order chi connectivity index (χ1) is 16.9. The van der Waals surface area contributed by atoms with Gasteiger partial charge in [-0.1, -0.05) is 6.07 Å². The molecule has 0 spiro atoms. The Kier molecular flexibility index (Phi) is 6.71. The fraction of sp³-hybridized carbons (Fsp3) is 0.217. The van der Waals surface area contributed by atoms with Gasteiger partial charge in [-0.2, -0.15) is 0 Å². The molecule has 0 saturated carbocycles. The summed E-state index contributed by atoms with van der Waals surface area (Å²) in [5.74, 6) is -1.08. The van der Waals surface area contributed by atoms with E-state index in [1.54, 1.807) is 28.6 Å². The summed E-state index contributed by atoms with van der Waals surface area (Å²) in [5, 5.41) is 1.61. The smallest absolute Gasteiger partial charge is 0.316 e. The van der Waals surface area contributed by atoms with Crippen LogP contribution in [0.4, 0.5) is 13.2 Å². The molecule has 1 atom stereocenters. The molecule has 2 aromatic carbocycles. The van der Waals surface area contributed by atoms with Gasteiger partial charge < -0.3 is 19.5 Å². The summed E-state index contributed by atoms with van der Waals surface area (Å²) in [6.07, 6.45) is -1.36. The van der Waals surface area contributed by atoms with Crippen LogP contribution in [0, 0.1) is 0 Å². The third kappa shape index (κ3) is 4.67. The average Bonchev–Trinajstić information content (AvgIpc) is 3.31. The molecule has 1 amide bonds. The SMILES string of the molecule is COc1ncc(-c2ccc3c(c2)ncn3-c2cc(OC)c(C(=O)NC(F)C(F)F)c(OC)c2)cn1. The predicted molar refractivity (Wildman–Crippen MR) is 120 cm³/mol. The summed E-state index contributed by atoms with van der Waals surface area (Å²) < 4.78 is 55.8. The molecule has 2 aromatic heterocycles. The zero-order valence-electron chi connectivity index (χ0n) is 18.8. The van der Waals surface area contributed by atoms with Crippen molar-refractivity contribution in [3.8, 4) is 34.3 Å². The van der Waals surface area contributed by atoms with E-state index in [0.29, 0.717) is 11.2 Å². The molecule has 12 heteroatoms. The van der Waals surface area contributed by atoms with E-state index in [2.05, 4.69) is 15.0 Å². The fourth-order valence-electron chi connectivity index (χ4n) is 3.49. The van der Waals surface area contributed by atoms with Gasteiger partial charge in [0.15, 0.2) is 0 Å². The molecule has 0 aliphatic carbocycles. The van der Waals surface area contributed by atoms with Gasteiger partial charge in [0.2, 0.25) is 6.30 Å². The Morgan fingerprint density at radius 1 is 0.914 bits per heavy atom. The summed E-state index contributed by atoms with van der Waals surface area (Å²) in [4.78, 5) is 25.1. The van der Waals surface area contributed by atoms with Gasteiger partial charge >= 0.3 is 6.01 Å². The summed E-state index contributed by atoms with van der Waals surface area (Å²) in [7, 11) is 4.08. The number of carbonyl (C=O) groups is 1. The van der Waals surface area contributed by atoms with E-state index >= 15 is 0 Å². The van der Waals surface area contributed by atoms with E-state index in [9.17, 15) is 18.0 Å². The van der Waals surface area contributed by atoms with Gasteiger partial charge in [0, 0.05) is 30.1 Å². The second-order valence-corrected chi connectivity index (χ2v) is 7.21. The van der Waals surface area contributed by atoms with Crippen molar-refractivity contribution in [2.24, 2.45) is 0 Å². The highest BCUT2D eigenvalue weighted by Gasteiger charge is 2.27.